The van der Waals surface area contributed by atoms with Gasteiger partial charge in [0.15, 0.2) is 11.6 Å². The van der Waals surface area contributed by atoms with Crippen LogP contribution in [0.25, 0.3) is 0 Å². The first kappa shape index (κ1) is 15.2. The summed E-state index contributed by atoms with van der Waals surface area (Å²) < 4.78 is 39.4. The summed E-state index contributed by atoms with van der Waals surface area (Å²) in [5.74, 6) is -3.77. The second-order valence-electron chi connectivity index (χ2n) is 4.16. The van der Waals surface area contributed by atoms with E-state index in [-0.39, 0.29) is 6.54 Å². The van der Waals surface area contributed by atoms with Crippen molar-refractivity contribution in [2.75, 3.05) is 17.2 Å². The van der Waals surface area contributed by atoms with Crippen molar-refractivity contribution in [2.24, 2.45) is 0 Å². The number of amides is 1. The third-order valence-electron chi connectivity index (χ3n) is 2.54. The van der Waals surface area contributed by atoms with Crippen LogP contribution in [0.4, 0.5) is 24.5 Å². The van der Waals surface area contributed by atoms with Gasteiger partial charge in [0.1, 0.15) is 11.5 Å². The third kappa shape index (κ3) is 4.13. The summed E-state index contributed by atoms with van der Waals surface area (Å²) in [6, 6.07) is 7.48. The second-order valence-corrected chi connectivity index (χ2v) is 4.59. The molecule has 0 aliphatic carbocycles. The number of hydrogen-bond donors (Lipinski definition) is 2. The van der Waals surface area contributed by atoms with Crippen molar-refractivity contribution in [1.29, 1.82) is 0 Å². The lowest BCUT2D eigenvalue weighted by Gasteiger charge is -2.09. The van der Waals surface area contributed by atoms with E-state index >= 15 is 0 Å². The summed E-state index contributed by atoms with van der Waals surface area (Å²) in [4.78, 5) is 11.7. The Kier molecular flexibility index (Phi) is 4.70. The molecule has 0 aliphatic heterocycles. The molecule has 2 N–H and O–H groups in total. The Hall–Kier alpha value is -2.21. The number of carbonyl (C=O) groups excluding carboxylic acids is 1. The van der Waals surface area contributed by atoms with Crippen molar-refractivity contribution in [3.8, 4) is 0 Å². The van der Waals surface area contributed by atoms with Gasteiger partial charge in [-0.25, -0.2) is 13.2 Å². The van der Waals surface area contributed by atoms with E-state index in [0.29, 0.717) is 22.8 Å². The SMILES string of the molecule is O=C(CNc1c(F)cc(F)cc1F)Nc1cccc(Cl)c1. The van der Waals surface area contributed by atoms with E-state index in [1.54, 1.807) is 18.2 Å². The van der Waals surface area contributed by atoms with Crippen molar-refractivity contribution in [3.05, 3.63) is 58.9 Å². The zero-order valence-electron chi connectivity index (χ0n) is 10.6. The van der Waals surface area contributed by atoms with Crippen LogP contribution in [-0.4, -0.2) is 12.5 Å². The highest BCUT2D eigenvalue weighted by Gasteiger charge is 2.12. The number of anilines is 2. The molecule has 1 amide bonds. The molecule has 0 radical (unpaired) electrons. The normalized spacial score (nSPS) is 10.3. The molecular weight excluding hydrogens is 305 g/mol. The van der Waals surface area contributed by atoms with Crippen LogP contribution in [0.3, 0.4) is 0 Å². The zero-order chi connectivity index (χ0) is 15.4. The minimum Gasteiger partial charge on any atom is -0.371 e. The maximum absolute atomic E-state index is 13.3. The quantitative estimate of drug-likeness (QED) is 0.901. The highest BCUT2D eigenvalue weighted by Crippen LogP contribution is 2.20. The average molecular weight is 315 g/mol. The first-order chi connectivity index (χ1) is 9.95. The van der Waals surface area contributed by atoms with Crippen LogP contribution in [0.2, 0.25) is 5.02 Å². The van der Waals surface area contributed by atoms with Crippen molar-refractivity contribution in [2.45, 2.75) is 0 Å². The van der Waals surface area contributed by atoms with E-state index in [0.717, 1.165) is 0 Å². The zero-order valence-corrected chi connectivity index (χ0v) is 11.3. The number of hydrogen-bond acceptors (Lipinski definition) is 2. The van der Waals surface area contributed by atoms with Gasteiger partial charge in [-0.2, -0.15) is 0 Å². The molecule has 0 bridgehead atoms. The summed E-state index contributed by atoms with van der Waals surface area (Å²) in [6.07, 6.45) is 0. The van der Waals surface area contributed by atoms with Gasteiger partial charge in [-0.3, -0.25) is 4.79 Å². The predicted octanol–water partition coefficient (Wildman–Crippen LogP) is 3.81. The van der Waals surface area contributed by atoms with Crippen molar-refractivity contribution in [3.63, 3.8) is 0 Å². The molecule has 0 saturated carbocycles. The van der Waals surface area contributed by atoms with E-state index in [2.05, 4.69) is 10.6 Å². The maximum atomic E-state index is 13.3. The molecule has 2 aromatic carbocycles. The number of nitrogens with one attached hydrogen (secondary N) is 2. The number of carbonyl (C=O) groups is 1. The summed E-state index contributed by atoms with van der Waals surface area (Å²) in [5, 5.41) is 5.22. The summed E-state index contributed by atoms with van der Waals surface area (Å²) >= 11 is 5.76. The fraction of sp³-hybridized carbons (Fsp3) is 0.0714. The van der Waals surface area contributed by atoms with Gasteiger partial charge in [-0.15, -0.1) is 0 Å². The molecular formula is C14H10ClF3N2O. The Labute approximate surface area is 123 Å². The van der Waals surface area contributed by atoms with Gasteiger partial charge in [-0.1, -0.05) is 17.7 Å². The van der Waals surface area contributed by atoms with Crippen molar-refractivity contribution >= 4 is 28.9 Å². The molecule has 0 unspecified atom stereocenters. The van der Waals surface area contributed by atoms with E-state index in [4.69, 9.17) is 11.6 Å². The molecule has 3 nitrogen and oxygen atoms in total. The predicted molar refractivity (Wildman–Crippen MR) is 74.9 cm³/mol. The van der Waals surface area contributed by atoms with E-state index < -0.39 is 29.0 Å². The lowest BCUT2D eigenvalue weighted by molar-refractivity contribution is -0.114. The molecule has 0 saturated heterocycles. The number of benzene rings is 2. The minimum atomic E-state index is -1.11. The molecule has 21 heavy (non-hydrogen) atoms. The van der Waals surface area contributed by atoms with E-state index in [9.17, 15) is 18.0 Å². The molecule has 7 heteroatoms. The largest absolute Gasteiger partial charge is 0.371 e. The molecule has 0 aliphatic rings. The average Bonchev–Trinajstić information content (AvgIpc) is 2.37. The number of rotatable bonds is 4. The van der Waals surface area contributed by atoms with Gasteiger partial charge >= 0.3 is 0 Å². The van der Waals surface area contributed by atoms with Crippen LogP contribution >= 0.6 is 11.6 Å². The minimum absolute atomic E-state index is 0.383. The Balaban J connectivity index is 1.99. The highest BCUT2D eigenvalue weighted by atomic mass is 35.5. The Bertz CT molecular complexity index is 656. The number of halogens is 4. The first-order valence-corrected chi connectivity index (χ1v) is 6.27. The van der Waals surface area contributed by atoms with Gasteiger partial charge in [0, 0.05) is 22.8 Å². The summed E-state index contributed by atoms with van der Waals surface area (Å²) in [7, 11) is 0. The van der Waals surface area contributed by atoms with Crippen LogP contribution in [-0.2, 0) is 4.79 Å². The molecule has 0 spiro atoms. The molecule has 0 atom stereocenters. The highest BCUT2D eigenvalue weighted by molar-refractivity contribution is 6.30. The standard InChI is InChI=1S/C14H10ClF3N2O/c15-8-2-1-3-10(4-8)20-13(21)7-19-14-11(17)5-9(16)6-12(14)18/h1-6,19H,7H2,(H,20,21). The topological polar surface area (TPSA) is 41.1 Å². The fourth-order valence-electron chi connectivity index (χ4n) is 1.65. The van der Waals surface area contributed by atoms with Crippen molar-refractivity contribution < 1.29 is 18.0 Å². The summed E-state index contributed by atoms with van der Waals surface area (Å²) in [5.41, 5.74) is -0.105. The van der Waals surface area contributed by atoms with Gasteiger partial charge < -0.3 is 10.6 Å². The van der Waals surface area contributed by atoms with Gasteiger partial charge in [-0.05, 0) is 18.2 Å². The molecule has 2 aromatic rings. The lowest BCUT2D eigenvalue weighted by Crippen LogP contribution is -2.22. The van der Waals surface area contributed by atoms with Gasteiger partial charge in [0.2, 0.25) is 5.91 Å². The lowest BCUT2D eigenvalue weighted by atomic mass is 10.2. The van der Waals surface area contributed by atoms with Gasteiger partial charge in [0.05, 0.1) is 6.54 Å². The summed E-state index contributed by atoms with van der Waals surface area (Å²) in [6.45, 7) is -0.383. The fourth-order valence-corrected chi connectivity index (χ4v) is 1.84. The van der Waals surface area contributed by atoms with Crippen LogP contribution in [0.5, 0.6) is 0 Å². The molecule has 0 heterocycles. The monoisotopic (exact) mass is 314 g/mol. The first-order valence-electron chi connectivity index (χ1n) is 5.89. The molecule has 0 aromatic heterocycles. The second kappa shape index (κ2) is 6.49. The van der Waals surface area contributed by atoms with Crippen molar-refractivity contribution in [1.82, 2.24) is 0 Å². The van der Waals surface area contributed by atoms with E-state index in [1.807, 2.05) is 0 Å². The van der Waals surface area contributed by atoms with Crippen LogP contribution in [0.1, 0.15) is 0 Å². The Morgan fingerprint density at radius 3 is 2.38 bits per heavy atom. The van der Waals surface area contributed by atoms with E-state index in [1.165, 1.54) is 6.07 Å². The Morgan fingerprint density at radius 2 is 1.76 bits per heavy atom. The third-order valence-corrected chi connectivity index (χ3v) is 2.78. The molecule has 2 rings (SSSR count). The molecule has 0 fully saturated rings. The van der Waals surface area contributed by atoms with Crippen LogP contribution in [0, 0.1) is 17.5 Å². The van der Waals surface area contributed by atoms with Crippen LogP contribution in [0.15, 0.2) is 36.4 Å². The Morgan fingerprint density at radius 1 is 1.10 bits per heavy atom. The maximum Gasteiger partial charge on any atom is 0.243 e. The van der Waals surface area contributed by atoms with Crippen LogP contribution < -0.4 is 10.6 Å². The molecule has 110 valence electrons. The smallest absolute Gasteiger partial charge is 0.243 e. The van der Waals surface area contributed by atoms with Gasteiger partial charge in [0.25, 0.3) is 0 Å².